The second-order valence-corrected chi connectivity index (χ2v) is 7.01. The van der Waals surface area contributed by atoms with E-state index in [1.165, 1.54) is 29.1 Å². The Morgan fingerprint density at radius 3 is 2.52 bits per heavy atom. The van der Waals surface area contributed by atoms with Gasteiger partial charge in [-0.1, -0.05) is 29.8 Å². The summed E-state index contributed by atoms with van der Waals surface area (Å²) in [7, 11) is 0. The van der Waals surface area contributed by atoms with Gasteiger partial charge in [0.2, 0.25) is 0 Å². The fourth-order valence-corrected chi connectivity index (χ4v) is 2.98. The van der Waals surface area contributed by atoms with E-state index in [1.807, 2.05) is 19.9 Å². The summed E-state index contributed by atoms with van der Waals surface area (Å²) >= 11 is 12.6. The molecule has 9 nitrogen and oxygen atoms in total. The molecule has 29 heavy (non-hydrogen) atoms. The van der Waals surface area contributed by atoms with Gasteiger partial charge in [0.15, 0.2) is 17.2 Å². The first-order valence-corrected chi connectivity index (χ1v) is 9.01. The fraction of sp³-hybridized carbons (Fsp3) is 0.167. The van der Waals surface area contributed by atoms with Crippen LogP contribution in [0.4, 0.5) is 10.5 Å². The predicted octanol–water partition coefficient (Wildman–Crippen LogP) is 3.85. The van der Waals surface area contributed by atoms with Crippen molar-refractivity contribution in [2.24, 2.45) is 5.10 Å². The largest absolute Gasteiger partial charge is 0.451 e. The van der Waals surface area contributed by atoms with Crippen LogP contribution in [0, 0.1) is 11.3 Å². The number of rotatable bonds is 4. The van der Waals surface area contributed by atoms with E-state index in [2.05, 4.69) is 22.0 Å². The standard InChI is InChI=1S/C18H14Cl2N6O3/c1-9(2)25-8-12(7-22-17(25)27)29-16-13(19)4-11(5-14(16)20)26-18(28)23-10(3)15(6-21)24-26/h4-5,7-9H,3H2,1-2H3,(H,23,28). The van der Waals surface area contributed by atoms with Crippen LogP contribution in [0.25, 0.3) is 0 Å². The van der Waals surface area contributed by atoms with Gasteiger partial charge in [0.25, 0.3) is 0 Å². The highest BCUT2D eigenvalue weighted by molar-refractivity contribution is 6.37. The van der Waals surface area contributed by atoms with Crippen molar-refractivity contribution in [2.75, 3.05) is 5.01 Å². The van der Waals surface area contributed by atoms with Crippen molar-refractivity contribution in [2.45, 2.75) is 19.9 Å². The number of carbonyl (C=O) groups excluding carboxylic acids is 1. The third-order valence-electron chi connectivity index (χ3n) is 3.84. The average Bonchev–Trinajstić information content (AvgIpc) is 2.65. The number of anilines is 1. The Balaban J connectivity index is 1.97. The molecule has 0 atom stereocenters. The molecular formula is C18H14Cl2N6O3. The lowest BCUT2D eigenvalue weighted by molar-refractivity contribution is 0.248. The third kappa shape index (κ3) is 4.08. The molecule has 1 N–H and O–H groups in total. The highest BCUT2D eigenvalue weighted by Gasteiger charge is 2.26. The Labute approximate surface area is 175 Å². The van der Waals surface area contributed by atoms with Crippen LogP contribution in [0.1, 0.15) is 19.9 Å². The molecule has 0 bridgehead atoms. The minimum absolute atomic E-state index is 0.0563. The van der Waals surface area contributed by atoms with Crippen molar-refractivity contribution < 1.29 is 9.53 Å². The quantitative estimate of drug-likeness (QED) is 0.787. The number of hydrogen-bond donors (Lipinski definition) is 1. The predicted molar refractivity (Wildman–Crippen MR) is 109 cm³/mol. The molecule has 148 valence electrons. The van der Waals surface area contributed by atoms with Crippen LogP contribution in [0.15, 0.2) is 46.7 Å². The average molecular weight is 433 g/mol. The lowest BCUT2D eigenvalue weighted by Crippen LogP contribution is -2.42. The number of halogens is 2. The van der Waals surface area contributed by atoms with Gasteiger partial charge in [0, 0.05) is 6.04 Å². The molecule has 0 spiro atoms. The zero-order valence-corrected chi connectivity index (χ0v) is 16.8. The van der Waals surface area contributed by atoms with Crippen molar-refractivity contribution in [1.82, 2.24) is 14.9 Å². The van der Waals surface area contributed by atoms with Gasteiger partial charge in [0.05, 0.1) is 33.8 Å². The fourth-order valence-electron chi connectivity index (χ4n) is 2.43. The van der Waals surface area contributed by atoms with Crippen LogP contribution in [0.5, 0.6) is 11.5 Å². The van der Waals surface area contributed by atoms with Gasteiger partial charge in [-0.2, -0.15) is 20.4 Å². The lowest BCUT2D eigenvalue weighted by Gasteiger charge is -2.24. The highest BCUT2D eigenvalue weighted by Crippen LogP contribution is 2.40. The smallest absolute Gasteiger partial charge is 0.347 e. The monoisotopic (exact) mass is 432 g/mol. The third-order valence-corrected chi connectivity index (χ3v) is 4.40. The molecule has 1 aliphatic heterocycles. The van der Waals surface area contributed by atoms with Crippen LogP contribution < -0.4 is 20.8 Å². The van der Waals surface area contributed by atoms with Gasteiger partial charge in [-0.3, -0.25) is 4.57 Å². The Morgan fingerprint density at radius 1 is 1.28 bits per heavy atom. The normalized spacial score (nSPS) is 13.8. The first kappa shape index (κ1) is 20.4. The number of hydrogen-bond acceptors (Lipinski definition) is 6. The number of nitrogens with zero attached hydrogens (tertiary/aromatic N) is 5. The SMILES string of the molecule is C=C1NC(=O)N(c2cc(Cl)c(Oc3cnc(=O)n(C(C)C)c3)c(Cl)c2)N=C1C#N. The van der Waals surface area contributed by atoms with Crippen LogP contribution in [0.2, 0.25) is 10.0 Å². The number of amides is 2. The first-order valence-electron chi connectivity index (χ1n) is 8.25. The van der Waals surface area contributed by atoms with Crippen LogP contribution >= 0.6 is 23.2 Å². The van der Waals surface area contributed by atoms with Crippen LogP contribution in [-0.4, -0.2) is 21.3 Å². The molecule has 2 heterocycles. The summed E-state index contributed by atoms with van der Waals surface area (Å²) in [6.45, 7) is 7.21. The minimum atomic E-state index is -0.622. The van der Waals surface area contributed by atoms with E-state index in [4.69, 9.17) is 33.2 Å². The topological polar surface area (TPSA) is 113 Å². The Hall–Kier alpha value is -3.35. The molecular weight excluding hydrogens is 419 g/mol. The van der Waals surface area contributed by atoms with Crippen molar-refractivity contribution in [1.29, 1.82) is 5.26 Å². The van der Waals surface area contributed by atoms with E-state index >= 15 is 0 Å². The molecule has 0 fully saturated rings. The Kier molecular flexibility index (Phi) is 5.59. The van der Waals surface area contributed by atoms with Gasteiger partial charge < -0.3 is 10.1 Å². The maximum atomic E-state index is 12.2. The first-order chi connectivity index (χ1) is 13.7. The van der Waals surface area contributed by atoms with E-state index in [1.54, 1.807) is 0 Å². The number of nitrogens with one attached hydrogen (secondary N) is 1. The van der Waals surface area contributed by atoms with E-state index in [9.17, 15) is 9.59 Å². The van der Waals surface area contributed by atoms with E-state index in [0.717, 1.165) is 5.01 Å². The van der Waals surface area contributed by atoms with Gasteiger partial charge >= 0.3 is 11.7 Å². The number of hydrazone groups is 1. The number of allylic oxidation sites excluding steroid dienone is 1. The summed E-state index contributed by atoms with van der Waals surface area (Å²) in [5, 5.41) is 16.6. The Morgan fingerprint density at radius 2 is 1.93 bits per heavy atom. The highest BCUT2D eigenvalue weighted by atomic mass is 35.5. The molecule has 2 amide bonds. The number of aromatic nitrogens is 2. The van der Waals surface area contributed by atoms with Crippen molar-refractivity contribution in [3.05, 3.63) is 57.3 Å². The van der Waals surface area contributed by atoms with Crippen molar-refractivity contribution in [3.8, 4) is 17.6 Å². The van der Waals surface area contributed by atoms with Crippen LogP contribution in [0.3, 0.4) is 0 Å². The Bertz CT molecular complexity index is 1130. The molecule has 3 rings (SSSR count). The van der Waals surface area contributed by atoms with Gasteiger partial charge in [-0.15, -0.1) is 0 Å². The van der Waals surface area contributed by atoms with Gasteiger partial charge in [0.1, 0.15) is 6.07 Å². The summed E-state index contributed by atoms with van der Waals surface area (Å²) < 4.78 is 7.10. The molecule has 0 radical (unpaired) electrons. The summed E-state index contributed by atoms with van der Waals surface area (Å²) in [6.07, 6.45) is 2.75. The lowest BCUT2D eigenvalue weighted by atomic mass is 10.2. The molecule has 11 heteroatoms. The zero-order chi connectivity index (χ0) is 21.3. The van der Waals surface area contributed by atoms with E-state index < -0.39 is 11.7 Å². The van der Waals surface area contributed by atoms with E-state index in [-0.39, 0.29) is 44.7 Å². The summed E-state index contributed by atoms with van der Waals surface area (Å²) in [6, 6.07) is 3.90. The molecule has 1 aliphatic rings. The number of carbonyl (C=O) groups is 1. The number of nitriles is 1. The van der Waals surface area contributed by atoms with Gasteiger partial charge in [-0.05, 0) is 26.0 Å². The summed E-state index contributed by atoms with van der Waals surface area (Å²) in [4.78, 5) is 27.7. The molecule has 0 saturated heterocycles. The van der Waals surface area contributed by atoms with Crippen LogP contribution in [-0.2, 0) is 0 Å². The minimum Gasteiger partial charge on any atom is -0.451 e. The number of urea groups is 1. The second-order valence-electron chi connectivity index (χ2n) is 6.19. The zero-order valence-electron chi connectivity index (χ0n) is 15.3. The molecule has 1 aromatic heterocycles. The molecule has 2 aromatic rings. The summed E-state index contributed by atoms with van der Waals surface area (Å²) in [5.74, 6) is 0.366. The second kappa shape index (κ2) is 7.95. The molecule has 1 aromatic carbocycles. The van der Waals surface area contributed by atoms with Crippen molar-refractivity contribution in [3.63, 3.8) is 0 Å². The van der Waals surface area contributed by atoms with Crippen molar-refractivity contribution >= 4 is 40.6 Å². The molecule has 0 unspecified atom stereocenters. The maximum absolute atomic E-state index is 12.2. The number of ether oxygens (including phenoxy) is 1. The molecule has 0 saturated carbocycles. The van der Waals surface area contributed by atoms with E-state index in [0.29, 0.717) is 0 Å². The number of benzene rings is 1. The maximum Gasteiger partial charge on any atom is 0.347 e. The van der Waals surface area contributed by atoms with Gasteiger partial charge in [-0.25, -0.2) is 9.59 Å². The molecule has 0 aliphatic carbocycles. The summed E-state index contributed by atoms with van der Waals surface area (Å²) in [5.41, 5.74) is -0.156.